The van der Waals surface area contributed by atoms with Crippen LogP contribution in [0, 0.1) is 11.8 Å². The predicted molar refractivity (Wildman–Crippen MR) is 104 cm³/mol. The van der Waals surface area contributed by atoms with Gasteiger partial charge >= 0.3 is 5.69 Å². The number of thioether (sulfide) groups is 1. The second kappa shape index (κ2) is 7.58. The molecule has 7 heteroatoms. The summed E-state index contributed by atoms with van der Waals surface area (Å²) >= 11 is 1.78. The Morgan fingerprint density at radius 3 is 2.88 bits per heavy atom. The van der Waals surface area contributed by atoms with Crippen LogP contribution < -0.4 is 11.4 Å². The molecule has 1 aliphatic heterocycles. The van der Waals surface area contributed by atoms with Crippen molar-refractivity contribution < 1.29 is 0 Å². The number of nitrogens with two attached hydrogens (primary N) is 1. The minimum absolute atomic E-state index is 0.152. The van der Waals surface area contributed by atoms with Crippen molar-refractivity contribution in [1.82, 2.24) is 19.1 Å². The van der Waals surface area contributed by atoms with Crippen LogP contribution in [0.3, 0.4) is 0 Å². The molecule has 0 spiro atoms. The van der Waals surface area contributed by atoms with E-state index in [2.05, 4.69) is 26.4 Å². The molecule has 2 aromatic rings. The lowest BCUT2D eigenvalue weighted by Gasteiger charge is -2.12. The van der Waals surface area contributed by atoms with Gasteiger partial charge in [0.05, 0.1) is 17.5 Å². The molecule has 136 valence electrons. The summed E-state index contributed by atoms with van der Waals surface area (Å²) in [6.45, 7) is 0.572. The van der Waals surface area contributed by atoms with Crippen molar-refractivity contribution in [2.24, 2.45) is 0 Å². The van der Waals surface area contributed by atoms with E-state index in [1.54, 1.807) is 22.5 Å². The lowest BCUT2D eigenvalue weighted by Crippen LogP contribution is -2.26. The number of nitrogens with zero attached hydrogens (tertiary/aromatic N) is 4. The molecule has 1 saturated carbocycles. The van der Waals surface area contributed by atoms with Gasteiger partial charge in [0.2, 0.25) is 0 Å². The quantitative estimate of drug-likeness (QED) is 0.842. The number of aromatic nitrogens is 4. The first kappa shape index (κ1) is 17.2. The molecule has 6 nitrogen and oxygen atoms in total. The molecular weight excluding hydrogens is 346 g/mol. The molecule has 2 N–H and O–H groups in total. The van der Waals surface area contributed by atoms with Crippen LogP contribution in [0.15, 0.2) is 23.4 Å². The van der Waals surface area contributed by atoms with Crippen molar-refractivity contribution in [3.05, 3.63) is 40.5 Å². The number of anilines is 1. The molecule has 26 heavy (non-hydrogen) atoms. The summed E-state index contributed by atoms with van der Waals surface area (Å²) in [5.74, 6) is 9.26. The molecule has 1 aliphatic carbocycles. The summed E-state index contributed by atoms with van der Waals surface area (Å²) in [5.41, 5.74) is 6.26. The number of rotatable bonds is 3. The van der Waals surface area contributed by atoms with Gasteiger partial charge in [0.15, 0.2) is 0 Å². The molecule has 1 saturated heterocycles. The Morgan fingerprint density at radius 1 is 1.27 bits per heavy atom. The Balaban J connectivity index is 1.54. The van der Waals surface area contributed by atoms with Gasteiger partial charge in [-0.3, -0.25) is 4.57 Å². The third-order valence-corrected chi connectivity index (χ3v) is 6.51. The van der Waals surface area contributed by atoms with Crippen LogP contribution in [-0.4, -0.2) is 24.9 Å². The molecule has 4 rings (SSSR count). The van der Waals surface area contributed by atoms with E-state index in [1.165, 1.54) is 25.7 Å². The number of hydrogen-bond donors (Lipinski definition) is 1. The van der Waals surface area contributed by atoms with Gasteiger partial charge in [-0.2, -0.15) is 4.98 Å². The third kappa shape index (κ3) is 3.51. The zero-order chi connectivity index (χ0) is 17.9. The molecule has 1 atom stereocenters. The summed E-state index contributed by atoms with van der Waals surface area (Å²) in [7, 11) is 0. The fourth-order valence-corrected chi connectivity index (χ4v) is 5.03. The van der Waals surface area contributed by atoms with E-state index in [0.29, 0.717) is 18.0 Å². The zero-order valence-corrected chi connectivity index (χ0v) is 15.5. The first-order chi connectivity index (χ1) is 12.7. The molecule has 0 aromatic carbocycles. The maximum atomic E-state index is 12.1. The van der Waals surface area contributed by atoms with E-state index in [-0.39, 0.29) is 16.9 Å². The summed E-state index contributed by atoms with van der Waals surface area (Å²) in [4.78, 5) is 20.6. The Bertz CT molecular complexity index is 895. The molecule has 0 bridgehead atoms. The lowest BCUT2D eigenvalue weighted by atomic mass is 10.1. The Hall–Kier alpha value is -2.20. The second-order valence-electron chi connectivity index (χ2n) is 6.89. The summed E-state index contributed by atoms with van der Waals surface area (Å²) < 4.78 is 3.80. The van der Waals surface area contributed by atoms with Crippen molar-refractivity contribution in [3.63, 3.8) is 0 Å². The number of hydrogen-bond acceptors (Lipinski definition) is 5. The van der Waals surface area contributed by atoms with Gasteiger partial charge in [0.1, 0.15) is 11.6 Å². The number of nitrogen functional groups attached to an aromatic ring is 1. The van der Waals surface area contributed by atoms with Crippen LogP contribution in [0.4, 0.5) is 5.82 Å². The maximum absolute atomic E-state index is 12.1. The molecule has 0 radical (unpaired) electrons. The van der Waals surface area contributed by atoms with E-state index in [1.807, 2.05) is 12.4 Å². The smallest absolute Gasteiger partial charge is 0.350 e. The van der Waals surface area contributed by atoms with Crippen LogP contribution in [0.25, 0.3) is 0 Å². The van der Waals surface area contributed by atoms with Crippen LogP contribution in [0.1, 0.15) is 61.2 Å². The Morgan fingerprint density at radius 2 is 2.12 bits per heavy atom. The molecule has 3 heterocycles. The predicted octanol–water partition coefficient (Wildman–Crippen LogP) is 2.76. The average molecular weight is 369 g/mol. The molecule has 2 aromatic heterocycles. The van der Waals surface area contributed by atoms with Crippen molar-refractivity contribution in [2.45, 2.75) is 56.4 Å². The van der Waals surface area contributed by atoms with Gasteiger partial charge < -0.3 is 10.3 Å². The van der Waals surface area contributed by atoms with Crippen LogP contribution in [-0.2, 0) is 6.54 Å². The fraction of sp³-hybridized carbons (Fsp3) is 0.526. The van der Waals surface area contributed by atoms with Gasteiger partial charge in [-0.1, -0.05) is 24.7 Å². The second-order valence-corrected chi connectivity index (χ2v) is 8.18. The standard InChI is InChI=1S/C19H23N5OS/c20-17-15(13-24(19(25)22-17)16-8-4-12-26-16)7-3-10-23-11-9-21-18(23)14-5-1-2-6-14/h9,11,13-14,16H,1-2,4-6,8,10,12H2,(H2,20,22,25). The third-order valence-electron chi connectivity index (χ3n) is 5.14. The Kier molecular flexibility index (Phi) is 5.02. The van der Waals surface area contributed by atoms with Crippen molar-refractivity contribution >= 4 is 17.6 Å². The first-order valence-corrected chi connectivity index (χ1v) is 10.3. The van der Waals surface area contributed by atoms with E-state index < -0.39 is 0 Å². The summed E-state index contributed by atoms with van der Waals surface area (Å²) in [5, 5.41) is 0.152. The molecule has 1 unspecified atom stereocenters. The minimum atomic E-state index is -0.287. The average Bonchev–Trinajstić information content (AvgIpc) is 3.39. The van der Waals surface area contributed by atoms with Gasteiger partial charge in [-0.25, -0.2) is 9.78 Å². The Labute approximate surface area is 157 Å². The van der Waals surface area contributed by atoms with Gasteiger partial charge in [0, 0.05) is 24.5 Å². The largest absolute Gasteiger partial charge is 0.382 e. The molecular formula is C19H23N5OS. The van der Waals surface area contributed by atoms with Crippen molar-refractivity contribution in [1.29, 1.82) is 0 Å². The van der Waals surface area contributed by atoms with Gasteiger partial charge in [-0.05, 0) is 31.4 Å². The fourth-order valence-electron chi connectivity index (χ4n) is 3.78. The summed E-state index contributed by atoms with van der Waals surface area (Å²) in [6.07, 6.45) is 12.7. The van der Waals surface area contributed by atoms with Crippen LogP contribution in [0.2, 0.25) is 0 Å². The highest BCUT2D eigenvalue weighted by molar-refractivity contribution is 7.99. The van der Waals surface area contributed by atoms with E-state index in [0.717, 1.165) is 24.4 Å². The molecule has 0 amide bonds. The SMILES string of the molecule is Nc1nc(=O)n(C2CCCS2)cc1C#CCn1ccnc1C1CCCC1. The van der Waals surface area contributed by atoms with Crippen LogP contribution >= 0.6 is 11.8 Å². The van der Waals surface area contributed by atoms with Gasteiger partial charge in [0.25, 0.3) is 0 Å². The van der Waals surface area contributed by atoms with E-state index >= 15 is 0 Å². The minimum Gasteiger partial charge on any atom is -0.382 e. The monoisotopic (exact) mass is 369 g/mol. The van der Waals surface area contributed by atoms with Crippen molar-refractivity contribution in [3.8, 4) is 11.8 Å². The maximum Gasteiger partial charge on any atom is 0.350 e. The highest BCUT2D eigenvalue weighted by atomic mass is 32.2. The number of imidazole rings is 1. The zero-order valence-electron chi connectivity index (χ0n) is 14.7. The molecule has 2 fully saturated rings. The van der Waals surface area contributed by atoms with Gasteiger partial charge in [-0.15, -0.1) is 11.8 Å². The first-order valence-electron chi connectivity index (χ1n) is 9.22. The highest BCUT2D eigenvalue weighted by Crippen LogP contribution is 2.34. The topological polar surface area (TPSA) is 78.7 Å². The van der Waals surface area contributed by atoms with Crippen LogP contribution in [0.5, 0.6) is 0 Å². The van der Waals surface area contributed by atoms with E-state index in [4.69, 9.17) is 5.73 Å². The van der Waals surface area contributed by atoms with E-state index in [9.17, 15) is 4.79 Å². The molecule has 2 aliphatic rings. The summed E-state index contributed by atoms with van der Waals surface area (Å²) in [6, 6.07) is 0. The lowest BCUT2D eigenvalue weighted by molar-refractivity contribution is 0.608. The van der Waals surface area contributed by atoms with Crippen molar-refractivity contribution in [2.75, 3.05) is 11.5 Å². The normalized spacial score (nSPS) is 20.2. The highest BCUT2D eigenvalue weighted by Gasteiger charge is 2.21.